The van der Waals surface area contributed by atoms with Gasteiger partial charge in [-0.2, -0.15) is 4.89 Å². The average molecular weight is 215 g/mol. The molecule has 1 aromatic carbocycles. The Bertz CT molecular complexity index is 297. The maximum Gasteiger partial charge on any atom is 0.505 e. The molecule has 4 heteroatoms. The molecule has 0 fully saturated rings. The lowest BCUT2D eigenvalue weighted by atomic mass is 10.1. The van der Waals surface area contributed by atoms with Gasteiger partial charge < -0.3 is 0 Å². The first kappa shape index (κ1) is 11.3. The third-order valence-corrected chi connectivity index (χ3v) is 2.68. The highest BCUT2D eigenvalue weighted by Gasteiger charge is 2.07. The van der Waals surface area contributed by atoms with Crippen molar-refractivity contribution in [1.29, 1.82) is 0 Å². The van der Waals surface area contributed by atoms with Crippen LogP contribution in [0.2, 0.25) is 0 Å². The summed E-state index contributed by atoms with van der Waals surface area (Å²) in [6.45, 7) is 0. The Balaban J connectivity index is 2.25. The van der Waals surface area contributed by atoms with E-state index in [0.29, 0.717) is 6.16 Å². The first-order chi connectivity index (χ1) is 6.68. The Morgan fingerprint density at radius 1 is 1.21 bits per heavy atom. The average Bonchev–Trinajstić information content (AvgIpc) is 2.15. The summed E-state index contributed by atoms with van der Waals surface area (Å²) in [5.41, 5.74) is 1.07. The van der Waals surface area contributed by atoms with Crippen LogP contribution in [0.15, 0.2) is 24.3 Å². The summed E-state index contributed by atoms with van der Waals surface area (Å²) in [7, 11) is -2.00. The number of rotatable bonds is 5. The van der Waals surface area contributed by atoms with Crippen LogP contribution < -0.4 is 0 Å². The van der Waals surface area contributed by atoms with Crippen molar-refractivity contribution in [3.8, 4) is 0 Å². The van der Waals surface area contributed by atoms with Crippen molar-refractivity contribution < 1.29 is 13.8 Å². The topological polar surface area (TPSA) is 37.3 Å². The van der Waals surface area contributed by atoms with Gasteiger partial charge in [0.05, 0.1) is 0 Å². The van der Waals surface area contributed by atoms with Crippen LogP contribution in [0, 0.1) is 5.82 Å². The van der Waals surface area contributed by atoms with Crippen molar-refractivity contribution in [3.05, 3.63) is 35.6 Å². The van der Waals surface area contributed by atoms with Crippen molar-refractivity contribution >= 4 is 8.03 Å². The van der Waals surface area contributed by atoms with Gasteiger partial charge in [0.25, 0.3) is 0 Å². The van der Waals surface area contributed by atoms with Gasteiger partial charge in [0.2, 0.25) is 0 Å². The minimum absolute atomic E-state index is 0.229. The zero-order valence-electron chi connectivity index (χ0n) is 7.82. The van der Waals surface area contributed by atoms with Gasteiger partial charge in [-0.05, 0) is 41.5 Å². The molecule has 0 radical (unpaired) electrons. The van der Waals surface area contributed by atoms with Crippen LogP contribution in [0.5, 0.6) is 0 Å². The molecule has 0 heterocycles. The summed E-state index contributed by atoms with van der Waals surface area (Å²) in [6.07, 6.45) is 2.80. The zero-order chi connectivity index (χ0) is 10.4. The van der Waals surface area contributed by atoms with E-state index in [9.17, 15) is 8.96 Å². The number of hydrogen-bond donors (Lipinski definition) is 1. The van der Waals surface area contributed by atoms with Crippen molar-refractivity contribution in [3.63, 3.8) is 0 Å². The number of benzene rings is 1. The molecule has 0 saturated heterocycles. The lowest BCUT2D eigenvalue weighted by Crippen LogP contribution is -1.87. The van der Waals surface area contributed by atoms with E-state index in [1.807, 2.05) is 0 Å². The molecule has 0 bridgehead atoms. The summed E-state index contributed by atoms with van der Waals surface area (Å²) in [4.78, 5) is 8.55. The molecular weight excluding hydrogens is 202 g/mol. The second-order valence-corrected chi connectivity index (χ2v) is 4.31. The Hall–Kier alpha value is -0.790. The van der Waals surface area contributed by atoms with E-state index in [1.165, 1.54) is 12.1 Å². The number of hydrogen-bond acceptors (Lipinski definition) is 1. The molecule has 0 amide bonds. The Morgan fingerprint density at radius 2 is 1.86 bits per heavy atom. The van der Waals surface area contributed by atoms with Crippen LogP contribution in [0.3, 0.4) is 0 Å². The maximum absolute atomic E-state index is 12.5. The summed E-state index contributed by atoms with van der Waals surface area (Å²) >= 11 is 0. The minimum Gasteiger partial charge on any atom is -0.207 e. The van der Waals surface area contributed by atoms with Crippen molar-refractivity contribution in [2.75, 3.05) is 6.16 Å². The maximum atomic E-state index is 12.5. The molecule has 1 aromatic rings. The molecule has 0 spiro atoms. The SMILES string of the molecule is O=[P+](O)CCCCc1ccc(F)cc1. The monoisotopic (exact) mass is 215 g/mol. The third kappa shape index (κ3) is 4.45. The van der Waals surface area contributed by atoms with Crippen LogP contribution in [-0.2, 0) is 11.0 Å². The lowest BCUT2D eigenvalue weighted by molar-refractivity contribution is 0.500. The molecule has 76 valence electrons. The summed E-state index contributed by atoms with van der Waals surface area (Å²) in [6, 6.07) is 6.35. The lowest BCUT2D eigenvalue weighted by Gasteiger charge is -1.98. The molecule has 2 nitrogen and oxygen atoms in total. The van der Waals surface area contributed by atoms with Crippen molar-refractivity contribution in [2.24, 2.45) is 0 Å². The highest BCUT2D eigenvalue weighted by atomic mass is 31.1. The Kier molecular flexibility index (Phi) is 4.71. The van der Waals surface area contributed by atoms with Crippen LogP contribution in [0.4, 0.5) is 4.39 Å². The van der Waals surface area contributed by atoms with E-state index < -0.39 is 8.03 Å². The fourth-order valence-electron chi connectivity index (χ4n) is 1.23. The third-order valence-electron chi connectivity index (χ3n) is 1.98. The van der Waals surface area contributed by atoms with E-state index in [1.54, 1.807) is 12.1 Å². The van der Waals surface area contributed by atoms with Gasteiger partial charge in [-0.3, -0.25) is 0 Å². The van der Waals surface area contributed by atoms with E-state index in [4.69, 9.17) is 4.89 Å². The summed E-state index contributed by atoms with van der Waals surface area (Å²) in [5, 5.41) is 0. The van der Waals surface area contributed by atoms with Gasteiger partial charge in [0, 0.05) is 0 Å². The van der Waals surface area contributed by atoms with Crippen LogP contribution in [-0.4, -0.2) is 11.1 Å². The van der Waals surface area contributed by atoms with Crippen molar-refractivity contribution in [2.45, 2.75) is 19.3 Å². The Labute approximate surface area is 83.6 Å². The molecule has 14 heavy (non-hydrogen) atoms. The second kappa shape index (κ2) is 5.84. The minimum atomic E-state index is -2.00. The van der Waals surface area contributed by atoms with Gasteiger partial charge in [-0.1, -0.05) is 12.1 Å². The van der Waals surface area contributed by atoms with Gasteiger partial charge >= 0.3 is 8.03 Å². The van der Waals surface area contributed by atoms with E-state index >= 15 is 0 Å². The summed E-state index contributed by atoms with van der Waals surface area (Å²) in [5.74, 6) is -0.229. The molecule has 1 unspecified atom stereocenters. The summed E-state index contributed by atoms with van der Waals surface area (Å²) < 4.78 is 22.9. The van der Waals surface area contributed by atoms with E-state index in [2.05, 4.69) is 0 Å². The first-order valence-corrected chi connectivity index (χ1v) is 5.96. The van der Waals surface area contributed by atoms with Crippen LogP contribution in [0.1, 0.15) is 18.4 Å². The Morgan fingerprint density at radius 3 is 2.43 bits per heavy atom. The van der Waals surface area contributed by atoms with Crippen molar-refractivity contribution in [1.82, 2.24) is 0 Å². The molecular formula is C10H13FO2P+. The highest BCUT2D eigenvalue weighted by molar-refractivity contribution is 7.37. The molecule has 0 saturated carbocycles. The standard InChI is InChI=1S/C10H12FO2P/c11-10-6-4-9(5-7-10)3-1-2-8-14(12)13/h4-7H,1-3,8H2/p+1. The second-order valence-electron chi connectivity index (χ2n) is 3.16. The predicted molar refractivity (Wildman–Crippen MR) is 54.0 cm³/mol. The van der Waals surface area contributed by atoms with Crippen LogP contribution >= 0.6 is 8.03 Å². The first-order valence-electron chi connectivity index (χ1n) is 4.56. The quantitative estimate of drug-likeness (QED) is 0.605. The molecule has 0 aliphatic heterocycles. The van der Waals surface area contributed by atoms with Gasteiger partial charge in [-0.15, -0.1) is 0 Å². The van der Waals surface area contributed by atoms with Crippen LogP contribution in [0.25, 0.3) is 0 Å². The van der Waals surface area contributed by atoms with Gasteiger partial charge in [0.15, 0.2) is 6.16 Å². The fourth-order valence-corrected chi connectivity index (χ4v) is 1.72. The van der Waals surface area contributed by atoms with Gasteiger partial charge in [0.1, 0.15) is 5.82 Å². The molecule has 1 atom stereocenters. The molecule has 0 aliphatic carbocycles. The molecule has 1 N–H and O–H groups in total. The zero-order valence-corrected chi connectivity index (χ0v) is 8.71. The van der Waals surface area contributed by atoms with E-state index in [0.717, 1.165) is 24.8 Å². The molecule has 0 aliphatic rings. The predicted octanol–water partition coefficient (Wildman–Crippen LogP) is 2.88. The molecule has 0 aromatic heterocycles. The number of halogens is 1. The largest absolute Gasteiger partial charge is 0.505 e. The smallest absolute Gasteiger partial charge is 0.207 e. The normalized spacial score (nSPS) is 11.4. The molecule has 1 rings (SSSR count). The number of unbranched alkanes of at least 4 members (excludes halogenated alkanes) is 1. The van der Waals surface area contributed by atoms with E-state index in [-0.39, 0.29) is 5.82 Å². The fraction of sp³-hybridized carbons (Fsp3) is 0.400. The van der Waals surface area contributed by atoms with Gasteiger partial charge in [-0.25, -0.2) is 4.39 Å². The highest BCUT2D eigenvalue weighted by Crippen LogP contribution is 2.16. The number of aryl methyl sites for hydroxylation is 1.